The van der Waals surface area contributed by atoms with E-state index in [1.807, 2.05) is 0 Å². The Morgan fingerprint density at radius 3 is 2.11 bits per heavy atom. The zero-order valence-corrected chi connectivity index (χ0v) is 16.0. The Kier molecular flexibility index (Phi) is 3.51. The summed E-state index contributed by atoms with van der Waals surface area (Å²) in [5, 5.41) is 5.16. The molecule has 0 N–H and O–H groups in total. The Labute approximate surface area is 159 Å². The highest BCUT2D eigenvalue weighted by molar-refractivity contribution is 6.00. The van der Waals surface area contributed by atoms with Crippen molar-refractivity contribution in [2.75, 3.05) is 0 Å². The standard InChI is InChI=1S/C26H22N/c1-17-11-22-14-26-25-15-24(20-7-5-4-6-8-20)19(3)13-21(25)9-10-27(26)16-23(22)12-18(17)2/h4-16H,1-3H3/q+1. The van der Waals surface area contributed by atoms with Crippen LogP contribution < -0.4 is 4.40 Å². The fourth-order valence-corrected chi connectivity index (χ4v) is 4.06. The summed E-state index contributed by atoms with van der Waals surface area (Å²) < 4.78 is 2.25. The topological polar surface area (TPSA) is 4.10 Å². The Balaban J connectivity index is 1.87. The number of aryl methyl sites for hydroxylation is 3. The van der Waals surface area contributed by atoms with Crippen LogP contribution in [0.25, 0.3) is 38.2 Å². The van der Waals surface area contributed by atoms with E-state index in [-0.39, 0.29) is 0 Å². The summed E-state index contributed by atoms with van der Waals surface area (Å²) in [6.07, 6.45) is 4.42. The summed E-state index contributed by atoms with van der Waals surface area (Å²) in [4.78, 5) is 0. The minimum atomic E-state index is 1.25. The predicted molar refractivity (Wildman–Crippen MR) is 114 cm³/mol. The van der Waals surface area contributed by atoms with Gasteiger partial charge in [0.1, 0.15) is 0 Å². The van der Waals surface area contributed by atoms with E-state index in [0.717, 1.165) is 0 Å². The number of benzene rings is 3. The van der Waals surface area contributed by atoms with Crippen molar-refractivity contribution in [3.8, 4) is 11.1 Å². The van der Waals surface area contributed by atoms with Crippen molar-refractivity contribution in [2.45, 2.75) is 20.8 Å². The van der Waals surface area contributed by atoms with Crippen LogP contribution in [0.5, 0.6) is 0 Å². The molecule has 0 bridgehead atoms. The fraction of sp³-hybridized carbons (Fsp3) is 0.115. The first-order valence-electron chi connectivity index (χ1n) is 9.45. The first kappa shape index (κ1) is 16.0. The van der Waals surface area contributed by atoms with Gasteiger partial charge in [0.25, 0.3) is 0 Å². The number of nitrogens with zero attached hydrogens (tertiary/aromatic N) is 1. The fourth-order valence-electron chi connectivity index (χ4n) is 4.06. The van der Waals surface area contributed by atoms with Crippen LogP contribution in [0.3, 0.4) is 0 Å². The molecule has 0 aliphatic rings. The lowest BCUT2D eigenvalue weighted by atomic mass is 9.96. The smallest absolute Gasteiger partial charge is 0.166 e. The van der Waals surface area contributed by atoms with E-state index >= 15 is 0 Å². The second-order valence-electron chi connectivity index (χ2n) is 7.57. The van der Waals surface area contributed by atoms with Gasteiger partial charge in [-0.1, -0.05) is 42.5 Å². The van der Waals surface area contributed by atoms with Gasteiger partial charge in [-0.15, -0.1) is 0 Å². The van der Waals surface area contributed by atoms with Crippen molar-refractivity contribution >= 4 is 27.1 Å². The average molecular weight is 348 g/mol. The van der Waals surface area contributed by atoms with Gasteiger partial charge in [0.2, 0.25) is 5.52 Å². The van der Waals surface area contributed by atoms with Crippen LogP contribution in [0.2, 0.25) is 0 Å². The predicted octanol–water partition coefficient (Wildman–Crippen LogP) is 6.32. The lowest BCUT2D eigenvalue weighted by Crippen LogP contribution is -2.20. The Morgan fingerprint density at radius 1 is 0.630 bits per heavy atom. The van der Waals surface area contributed by atoms with E-state index < -0.39 is 0 Å². The molecule has 0 saturated heterocycles. The molecule has 0 aliphatic heterocycles. The van der Waals surface area contributed by atoms with Crippen LogP contribution in [0.4, 0.5) is 0 Å². The first-order chi connectivity index (χ1) is 13.1. The van der Waals surface area contributed by atoms with E-state index in [1.165, 1.54) is 54.9 Å². The summed E-state index contributed by atoms with van der Waals surface area (Å²) in [7, 11) is 0. The van der Waals surface area contributed by atoms with Crippen LogP contribution in [0, 0.1) is 20.8 Å². The van der Waals surface area contributed by atoms with E-state index in [9.17, 15) is 0 Å². The summed E-state index contributed by atoms with van der Waals surface area (Å²) >= 11 is 0. The molecule has 0 amide bonds. The molecular weight excluding hydrogens is 326 g/mol. The van der Waals surface area contributed by atoms with Crippen LogP contribution in [0.1, 0.15) is 16.7 Å². The van der Waals surface area contributed by atoms with Crippen LogP contribution in [-0.4, -0.2) is 0 Å². The lowest BCUT2D eigenvalue weighted by molar-refractivity contribution is -0.509. The molecule has 27 heavy (non-hydrogen) atoms. The molecule has 0 saturated carbocycles. The number of pyridine rings is 2. The van der Waals surface area contributed by atoms with Crippen molar-refractivity contribution in [1.82, 2.24) is 0 Å². The quantitative estimate of drug-likeness (QED) is 0.189. The molecule has 0 atom stereocenters. The van der Waals surface area contributed by atoms with E-state index in [0.29, 0.717) is 0 Å². The molecular formula is C26H22N+. The normalized spacial score (nSPS) is 11.5. The molecule has 0 radical (unpaired) electrons. The summed E-state index contributed by atoms with van der Waals surface area (Å²) in [5.41, 5.74) is 7.81. The second-order valence-corrected chi connectivity index (χ2v) is 7.57. The maximum absolute atomic E-state index is 2.35. The largest absolute Gasteiger partial charge is 0.219 e. The molecule has 130 valence electrons. The zero-order valence-electron chi connectivity index (χ0n) is 16.0. The molecule has 1 nitrogen and oxygen atoms in total. The van der Waals surface area contributed by atoms with Crippen molar-refractivity contribution in [1.29, 1.82) is 0 Å². The molecule has 0 fully saturated rings. The number of rotatable bonds is 1. The lowest BCUT2D eigenvalue weighted by Gasteiger charge is -2.09. The van der Waals surface area contributed by atoms with Crippen molar-refractivity contribution in [2.24, 2.45) is 0 Å². The highest BCUT2D eigenvalue weighted by Gasteiger charge is 2.13. The van der Waals surface area contributed by atoms with Gasteiger partial charge >= 0.3 is 0 Å². The monoisotopic (exact) mass is 348 g/mol. The van der Waals surface area contributed by atoms with Gasteiger partial charge in [-0.25, -0.2) is 0 Å². The molecule has 0 unspecified atom stereocenters. The second kappa shape index (κ2) is 5.92. The van der Waals surface area contributed by atoms with Gasteiger partial charge in [-0.05, 0) is 71.5 Å². The Morgan fingerprint density at radius 2 is 1.33 bits per heavy atom. The third-order valence-corrected chi connectivity index (χ3v) is 5.72. The molecule has 3 aromatic carbocycles. The van der Waals surface area contributed by atoms with Crippen LogP contribution >= 0.6 is 0 Å². The molecule has 0 spiro atoms. The number of hydrogen-bond donors (Lipinski definition) is 0. The van der Waals surface area contributed by atoms with Gasteiger partial charge < -0.3 is 0 Å². The van der Waals surface area contributed by atoms with E-state index in [1.54, 1.807) is 0 Å². The average Bonchev–Trinajstić information content (AvgIpc) is 2.68. The van der Waals surface area contributed by atoms with Crippen molar-refractivity contribution in [3.63, 3.8) is 0 Å². The molecule has 5 rings (SSSR count). The summed E-state index contributed by atoms with van der Waals surface area (Å²) in [6, 6.07) is 24.5. The van der Waals surface area contributed by atoms with Gasteiger partial charge in [-0.2, -0.15) is 4.40 Å². The van der Waals surface area contributed by atoms with E-state index in [2.05, 4.69) is 104 Å². The number of hydrogen-bond acceptors (Lipinski definition) is 0. The highest BCUT2D eigenvalue weighted by Crippen LogP contribution is 2.30. The maximum atomic E-state index is 2.35. The summed E-state index contributed by atoms with van der Waals surface area (Å²) in [5.74, 6) is 0. The maximum Gasteiger partial charge on any atom is 0.219 e. The first-order valence-corrected chi connectivity index (χ1v) is 9.45. The molecule has 1 heteroatoms. The van der Waals surface area contributed by atoms with Gasteiger partial charge in [-0.3, -0.25) is 0 Å². The van der Waals surface area contributed by atoms with Gasteiger partial charge in [0, 0.05) is 17.5 Å². The van der Waals surface area contributed by atoms with Crippen LogP contribution in [-0.2, 0) is 0 Å². The molecule has 2 aromatic heterocycles. The van der Waals surface area contributed by atoms with Crippen LogP contribution in [0.15, 0.2) is 79.1 Å². The highest BCUT2D eigenvalue weighted by atomic mass is 14.8. The SMILES string of the molecule is Cc1cc2cc3c4cc(-c5ccccc5)c(C)cc4cc[n+]3cc2cc1C. The minimum absolute atomic E-state index is 1.25. The number of fused-ring (bicyclic) bond motifs is 4. The Bertz CT molecular complexity index is 1330. The van der Waals surface area contributed by atoms with Crippen molar-refractivity contribution < 1.29 is 4.40 Å². The van der Waals surface area contributed by atoms with Crippen molar-refractivity contribution in [3.05, 3.63) is 95.8 Å². The molecule has 2 heterocycles. The van der Waals surface area contributed by atoms with Gasteiger partial charge in [0.05, 0.1) is 5.39 Å². The third-order valence-electron chi connectivity index (χ3n) is 5.72. The Hall–Kier alpha value is -3.19. The third kappa shape index (κ3) is 2.59. The molecule has 0 aliphatic carbocycles. The number of aromatic nitrogens is 1. The van der Waals surface area contributed by atoms with E-state index in [4.69, 9.17) is 0 Å². The van der Waals surface area contributed by atoms with Gasteiger partial charge in [0.15, 0.2) is 12.4 Å². The minimum Gasteiger partial charge on any atom is -0.166 e. The molecule has 5 aromatic rings. The zero-order chi connectivity index (χ0) is 18.5. The summed E-state index contributed by atoms with van der Waals surface area (Å²) in [6.45, 7) is 6.57.